The molecule has 0 bridgehead atoms. The lowest BCUT2D eigenvalue weighted by Crippen LogP contribution is -2.34. The lowest BCUT2D eigenvalue weighted by molar-refractivity contribution is -0.114. The fraction of sp³-hybridized carbons (Fsp3) is 0.125. The average molecular weight is 382 g/mol. The third-order valence-corrected chi connectivity index (χ3v) is 4.30. The van der Waals surface area contributed by atoms with E-state index >= 15 is 0 Å². The van der Waals surface area contributed by atoms with Gasteiger partial charge in [-0.3, -0.25) is 9.59 Å². The first-order valence-electron chi connectivity index (χ1n) is 7.17. The number of amides is 2. The van der Waals surface area contributed by atoms with Gasteiger partial charge in [-0.05, 0) is 48.5 Å². The van der Waals surface area contributed by atoms with Crippen molar-refractivity contribution < 1.29 is 18.0 Å². The summed E-state index contributed by atoms with van der Waals surface area (Å²) in [6, 6.07) is 12.3. The van der Waals surface area contributed by atoms with Gasteiger partial charge in [0.05, 0.1) is 0 Å². The molecule has 0 aliphatic rings. The van der Waals surface area contributed by atoms with E-state index in [9.17, 15) is 18.0 Å². The Morgan fingerprint density at radius 1 is 0.960 bits per heavy atom. The number of sulfonamides is 1. The van der Waals surface area contributed by atoms with E-state index in [0.29, 0.717) is 16.4 Å². The van der Waals surface area contributed by atoms with Gasteiger partial charge >= 0.3 is 0 Å². The molecule has 0 unspecified atom stereocenters. The molecule has 132 valence electrons. The van der Waals surface area contributed by atoms with Crippen molar-refractivity contribution in [2.24, 2.45) is 0 Å². The van der Waals surface area contributed by atoms with Crippen LogP contribution in [0.3, 0.4) is 0 Å². The second-order valence-corrected chi connectivity index (χ2v) is 7.29. The van der Waals surface area contributed by atoms with Crippen LogP contribution >= 0.6 is 11.6 Å². The molecule has 0 heterocycles. The van der Waals surface area contributed by atoms with Crippen LogP contribution in [0.4, 0.5) is 11.4 Å². The number of nitrogens with one attached hydrogen (secondary N) is 3. The zero-order chi connectivity index (χ0) is 18.4. The standard InChI is InChI=1S/C16H16ClN3O4S/c1-11(21)19-15-8-6-14(7-9-15)18-10-25(23,24)20-16(22)12-2-4-13(17)5-3-12/h2-9,18H,10H2,1H3,(H,19,21)(H,20,22). The molecule has 2 amide bonds. The molecule has 2 aromatic carbocycles. The number of anilines is 2. The zero-order valence-corrected chi connectivity index (χ0v) is 14.8. The Hall–Kier alpha value is -2.58. The molecule has 0 fully saturated rings. The molecule has 0 aliphatic heterocycles. The fourth-order valence-corrected chi connectivity index (χ4v) is 2.85. The van der Waals surface area contributed by atoms with Crippen LogP contribution in [-0.2, 0) is 14.8 Å². The van der Waals surface area contributed by atoms with Gasteiger partial charge in [0.25, 0.3) is 15.9 Å². The molecule has 0 aliphatic carbocycles. The summed E-state index contributed by atoms with van der Waals surface area (Å²) < 4.78 is 25.9. The van der Waals surface area contributed by atoms with Crippen molar-refractivity contribution in [2.45, 2.75) is 6.92 Å². The van der Waals surface area contributed by atoms with Crippen LogP contribution < -0.4 is 15.4 Å². The third-order valence-electron chi connectivity index (χ3n) is 3.03. The van der Waals surface area contributed by atoms with E-state index in [0.717, 1.165) is 0 Å². The van der Waals surface area contributed by atoms with Crippen molar-refractivity contribution in [1.82, 2.24) is 4.72 Å². The number of halogens is 1. The maximum absolute atomic E-state index is 12.0. The normalized spacial score (nSPS) is 10.8. The highest BCUT2D eigenvalue weighted by Gasteiger charge is 2.15. The Bertz CT molecular complexity index is 865. The Morgan fingerprint density at radius 3 is 2.08 bits per heavy atom. The first kappa shape index (κ1) is 18.8. The third kappa shape index (κ3) is 6.09. The van der Waals surface area contributed by atoms with Crippen LogP contribution in [0.2, 0.25) is 5.02 Å². The fourth-order valence-electron chi connectivity index (χ4n) is 1.89. The molecular formula is C16H16ClN3O4S. The highest BCUT2D eigenvalue weighted by Crippen LogP contribution is 2.14. The van der Waals surface area contributed by atoms with Crippen molar-refractivity contribution in [3.05, 3.63) is 59.1 Å². The van der Waals surface area contributed by atoms with E-state index in [1.807, 2.05) is 4.72 Å². The molecule has 0 radical (unpaired) electrons. The average Bonchev–Trinajstić information content (AvgIpc) is 2.54. The molecule has 0 spiro atoms. The quantitative estimate of drug-likeness (QED) is 0.712. The molecule has 9 heteroatoms. The molecule has 0 saturated heterocycles. The van der Waals surface area contributed by atoms with Crippen molar-refractivity contribution >= 4 is 44.8 Å². The van der Waals surface area contributed by atoms with E-state index < -0.39 is 21.8 Å². The summed E-state index contributed by atoms with van der Waals surface area (Å²) in [6.07, 6.45) is 0. The second kappa shape index (κ2) is 8.00. The van der Waals surface area contributed by atoms with Crippen LogP contribution in [0.5, 0.6) is 0 Å². The van der Waals surface area contributed by atoms with Gasteiger partial charge in [-0.2, -0.15) is 0 Å². The Kier molecular flexibility index (Phi) is 6.00. The zero-order valence-electron chi connectivity index (χ0n) is 13.2. The van der Waals surface area contributed by atoms with Crippen molar-refractivity contribution in [1.29, 1.82) is 0 Å². The lowest BCUT2D eigenvalue weighted by Gasteiger charge is -2.10. The molecule has 3 N–H and O–H groups in total. The summed E-state index contributed by atoms with van der Waals surface area (Å²) in [5.74, 6) is -1.42. The smallest absolute Gasteiger partial charge is 0.264 e. The predicted molar refractivity (Wildman–Crippen MR) is 97.1 cm³/mol. The summed E-state index contributed by atoms with van der Waals surface area (Å²) in [6.45, 7) is 1.39. The molecular weight excluding hydrogens is 366 g/mol. The molecule has 25 heavy (non-hydrogen) atoms. The summed E-state index contributed by atoms with van der Waals surface area (Å²) in [4.78, 5) is 22.9. The molecule has 2 rings (SSSR count). The maximum Gasteiger partial charge on any atom is 0.264 e. The summed E-state index contributed by atoms with van der Waals surface area (Å²) in [5.41, 5.74) is 1.31. The number of carbonyl (C=O) groups excluding carboxylic acids is 2. The van der Waals surface area contributed by atoms with Crippen molar-refractivity contribution in [3.63, 3.8) is 0 Å². The largest absolute Gasteiger partial charge is 0.370 e. The van der Waals surface area contributed by atoms with Crippen LogP contribution in [-0.4, -0.2) is 26.1 Å². The SMILES string of the molecule is CC(=O)Nc1ccc(NCS(=O)(=O)NC(=O)c2ccc(Cl)cc2)cc1. The molecule has 0 aromatic heterocycles. The highest BCUT2D eigenvalue weighted by atomic mass is 35.5. The Labute approximate surface area is 150 Å². The second-order valence-electron chi connectivity index (χ2n) is 5.13. The molecule has 0 saturated carbocycles. The van der Waals surface area contributed by atoms with Gasteiger partial charge in [-0.15, -0.1) is 0 Å². The summed E-state index contributed by atoms with van der Waals surface area (Å²) in [7, 11) is -3.88. The van der Waals surface area contributed by atoms with Gasteiger partial charge < -0.3 is 10.6 Å². The number of hydrogen-bond donors (Lipinski definition) is 3. The van der Waals surface area contributed by atoms with Gasteiger partial charge in [0, 0.05) is 28.9 Å². The number of rotatable bonds is 6. The van der Waals surface area contributed by atoms with E-state index in [1.54, 1.807) is 24.3 Å². The lowest BCUT2D eigenvalue weighted by atomic mass is 10.2. The van der Waals surface area contributed by atoms with Gasteiger partial charge in [0.15, 0.2) is 0 Å². The van der Waals surface area contributed by atoms with Crippen LogP contribution in [0.1, 0.15) is 17.3 Å². The Balaban J connectivity index is 1.93. The van der Waals surface area contributed by atoms with E-state index in [2.05, 4.69) is 10.6 Å². The molecule has 7 nitrogen and oxygen atoms in total. The maximum atomic E-state index is 12.0. The van der Waals surface area contributed by atoms with E-state index in [4.69, 9.17) is 11.6 Å². The van der Waals surface area contributed by atoms with Gasteiger partial charge in [0.1, 0.15) is 5.88 Å². The summed E-state index contributed by atoms with van der Waals surface area (Å²) in [5, 5.41) is 5.74. The van der Waals surface area contributed by atoms with Gasteiger partial charge in [-0.1, -0.05) is 11.6 Å². The monoisotopic (exact) mass is 381 g/mol. The highest BCUT2D eigenvalue weighted by molar-refractivity contribution is 7.90. The number of carbonyl (C=O) groups is 2. The first-order chi connectivity index (χ1) is 11.7. The first-order valence-corrected chi connectivity index (χ1v) is 9.20. The van der Waals surface area contributed by atoms with Crippen molar-refractivity contribution in [3.8, 4) is 0 Å². The van der Waals surface area contributed by atoms with Gasteiger partial charge in [0.2, 0.25) is 5.91 Å². The van der Waals surface area contributed by atoms with E-state index in [1.165, 1.54) is 31.2 Å². The topological polar surface area (TPSA) is 104 Å². The summed E-state index contributed by atoms with van der Waals surface area (Å²) >= 11 is 5.72. The number of hydrogen-bond acceptors (Lipinski definition) is 5. The minimum absolute atomic E-state index is 0.188. The van der Waals surface area contributed by atoms with Crippen LogP contribution in [0, 0.1) is 0 Å². The minimum atomic E-state index is -3.88. The van der Waals surface area contributed by atoms with Crippen LogP contribution in [0.15, 0.2) is 48.5 Å². The predicted octanol–water partition coefficient (Wildman–Crippen LogP) is 2.43. The van der Waals surface area contributed by atoms with Gasteiger partial charge in [-0.25, -0.2) is 13.1 Å². The number of benzene rings is 2. The van der Waals surface area contributed by atoms with Crippen molar-refractivity contribution in [2.75, 3.05) is 16.5 Å². The van der Waals surface area contributed by atoms with Crippen LogP contribution in [0.25, 0.3) is 0 Å². The van der Waals surface area contributed by atoms with E-state index in [-0.39, 0.29) is 11.5 Å². The molecule has 0 atom stereocenters. The Morgan fingerprint density at radius 2 is 1.52 bits per heavy atom. The minimum Gasteiger partial charge on any atom is -0.370 e. The molecule has 2 aromatic rings.